The van der Waals surface area contributed by atoms with Crippen LogP contribution in [0.2, 0.25) is 0 Å². The first-order chi connectivity index (χ1) is 13.2. The average molecular weight is 420 g/mol. The molecule has 1 N–H and O–H groups in total. The number of thioether (sulfide) groups is 1. The number of carbonyl (C=O) groups excluding carboxylic acids is 1. The van der Waals surface area contributed by atoms with Crippen molar-refractivity contribution in [2.24, 2.45) is 0 Å². The summed E-state index contributed by atoms with van der Waals surface area (Å²) >= 11 is 1.32. The number of benzene rings is 1. The summed E-state index contributed by atoms with van der Waals surface area (Å²) in [5.74, 6) is 0.753. The van der Waals surface area contributed by atoms with Crippen molar-refractivity contribution < 1.29 is 13.2 Å². The lowest BCUT2D eigenvalue weighted by Gasteiger charge is -2.05. The Morgan fingerprint density at radius 2 is 1.89 bits per heavy atom. The molecule has 0 amide bonds. The van der Waals surface area contributed by atoms with Crippen molar-refractivity contribution in [3.63, 3.8) is 0 Å². The van der Waals surface area contributed by atoms with Crippen LogP contribution in [0.15, 0.2) is 35.5 Å². The average Bonchev–Trinajstić information content (AvgIpc) is 3.02. The minimum absolute atomic E-state index is 0.0136. The highest BCUT2D eigenvalue weighted by Gasteiger charge is 2.13. The Morgan fingerprint density at radius 1 is 1.18 bits per heavy atom. The van der Waals surface area contributed by atoms with Crippen LogP contribution in [0.1, 0.15) is 27.3 Å². The van der Waals surface area contributed by atoms with E-state index in [1.807, 2.05) is 36.4 Å². The Kier molecular flexibility index (Phi) is 6.11. The Balaban J connectivity index is 1.61. The van der Waals surface area contributed by atoms with E-state index in [0.29, 0.717) is 29.5 Å². The number of nitrogens with zero attached hydrogens (tertiary/aromatic N) is 4. The smallest absolute Gasteiger partial charge is 0.256 e. The summed E-state index contributed by atoms with van der Waals surface area (Å²) < 4.78 is 26.4. The van der Waals surface area contributed by atoms with Crippen LogP contribution in [0.25, 0.3) is 5.78 Å². The number of ketones is 1. The summed E-state index contributed by atoms with van der Waals surface area (Å²) in [7, 11) is -3.19. The number of nitrogens with one attached hydrogen (secondary N) is 1. The third-order valence-electron chi connectivity index (χ3n) is 4.05. The molecule has 28 heavy (non-hydrogen) atoms. The number of aromatic nitrogens is 4. The molecule has 10 heteroatoms. The van der Waals surface area contributed by atoms with Crippen LogP contribution in [0, 0.1) is 13.8 Å². The minimum atomic E-state index is -3.19. The lowest BCUT2D eigenvalue weighted by atomic mass is 10.1. The Bertz CT molecular complexity index is 1110. The van der Waals surface area contributed by atoms with E-state index >= 15 is 0 Å². The van der Waals surface area contributed by atoms with E-state index in [4.69, 9.17) is 0 Å². The molecule has 0 aliphatic rings. The highest BCUT2D eigenvalue weighted by Crippen LogP contribution is 2.20. The van der Waals surface area contributed by atoms with E-state index in [1.54, 1.807) is 12.1 Å². The number of Topliss-reactive ketones (excluding diaryl/α,β-unsaturated/α-hetero) is 1. The predicted octanol–water partition coefficient (Wildman–Crippen LogP) is 1.81. The summed E-state index contributed by atoms with van der Waals surface area (Å²) in [6.07, 6.45) is 1.69. The first-order valence-corrected chi connectivity index (χ1v) is 11.5. The van der Waals surface area contributed by atoms with Gasteiger partial charge in [-0.05, 0) is 31.9 Å². The Labute approximate surface area is 167 Å². The molecule has 0 bridgehead atoms. The quantitative estimate of drug-likeness (QED) is 0.438. The van der Waals surface area contributed by atoms with Crippen molar-refractivity contribution in [1.29, 1.82) is 0 Å². The van der Waals surface area contributed by atoms with Gasteiger partial charge in [0.1, 0.15) is 0 Å². The molecular formula is C18H21N5O3S2. The van der Waals surface area contributed by atoms with Gasteiger partial charge < -0.3 is 0 Å². The zero-order chi connectivity index (χ0) is 20.3. The summed E-state index contributed by atoms with van der Waals surface area (Å²) in [5, 5.41) is 8.84. The van der Waals surface area contributed by atoms with Crippen LogP contribution in [-0.2, 0) is 16.4 Å². The van der Waals surface area contributed by atoms with Crippen LogP contribution in [0.3, 0.4) is 0 Å². The number of rotatable bonds is 8. The van der Waals surface area contributed by atoms with Crippen molar-refractivity contribution in [3.05, 3.63) is 52.8 Å². The van der Waals surface area contributed by atoms with Gasteiger partial charge in [0.05, 0.1) is 12.0 Å². The molecule has 0 radical (unpaired) electrons. The second-order valence-electron chi connectivity index (χ2n) is 6.48. The van der Waals surface area contributed by atoms with Gasteiger partial charge in [0.25, 0.3) is 5.78 Å². The van der Waals surface area contributed by atoms with Gasteiger partial charge in [-0.2, -0.15) is 0 Å². The van der Waals surface area contributed by atoms with Crippen molar-refractivity contribution in [2.75, 3.05) is 18.6 Å². The molecule has 0 fully saturated rings. The molecule has 3 aromatic rings. The summed E-state index contributed by atoms with van der Waals surface area (Å²) in [4.78, 5) is 16.8. The number of carbonyl (C=O) groups is 1. The number of fused-ring (bicyclic) bond motifs is 1. The van der Waals surface area contributed by atoms with E-state index in [9.17, 15) is 13.2 Å². The van der Waals surface area contributed by atoms with Crippen LogP contribution in [-0.4, -0.2) is 52.3 Å². The molecule has 2 aromatic heterocycles. The van der Waals surface area contributed by atoms with Gasteiger partial charge in [-0.25, -0.2) is 18.1 Å². The fourth-order valence-corrected chi connectivity index (χ4v) is 4.10. The van der Waals surface area contributed by atoms with Gasteiger partial charge in [-0.3, -0.25) is 9.20 Å². The summed E-state index contributed by atoms with van der Waals surface area (Å²) in [6, 6.07) is 9.14. The maximum Gasteiger partial charge on any atom is 0.256 e. The third-order valence-corrected chi connectivity index (χ3v) is 5.71. The summed E-state index contributed by atoms with van der Waals surface area (Å²) in [5.41, 5.74) is 3.40. The number of hydrogen-bond acceptors (Lipinski definition) is 7. The maximum atomic E-state index is 12.5. The Morgan fingerprint density at radius 3 is 2.57 bits per heavy atom. The second-order valence-corrected chi connectivity index (χ2v) is 9.26. The summed E-state index contributed by atoms with van der Waals surface area (Å²) in [6.45, 7) is 4.18. The molecule has 0 atom stereocenters. The van der Waals surface area contributed by atoms with Gasteiger partial charge >= 0.3 is 0 Å². The van der Waals surface area contributed by atoms with Gasteiger partial charge in [0.15, 0.2) is 10.9 Å². The fourth-order valence-electron chi connectivity index (χ4n) is 2.75. The molecule has 0 saturated carbocycles. The van der Waals surface area contributed by atoms with E-state index in [0.717, 1.165) is 23.2 Å². The number of hydrogen-bond donors (Lipinski definition) is 1. The first kappa shape index (κ1) is 20.4. The topological polar surface area (TPSA) is 106 Å². The monoisotopic (exact) mass is 419 g/mol. The lowest BCUT2D eigenvalue weighted by molar-refractivity contribution is 0.102. The van der Waals surface area contributed by atoms with E-state index in [-0.39, 0.29) is 11.5 Å². The van der Waals surface area contributed by atoms with E-state index < -0.39 is 10.0 Å². The zero-order valence-corrected chi connectivity index (χ0v) is 17.5. The van der Waals surface area contributed by atoms with Crippen LogP contribution >= 0.6 is 11.8 Å². The Hall–Kier alpha value is -2.30. The molecule has 0 saturated heterocycles. The lowest BCUT2D eigenvalue weighted by Crippen LogP contribution is -2.24. The van der Waals surface area contributed by atoms with Gasteiger partial charge in [0.2, 0.25) is 10.0 Å². The third kappa shape index (κ3) is 5.15. The standard InChI is InChI=1S/C18H21N5O3S2/c1-12-10-13(2)23-17(20-12)21-22-18(23)27-11-16(24)15-6-4-14(5-7-15)8-9-19-28(3,25)26/h4-7,10,19H,8-9,11H2,1-3H3. The zero-order valence-electron chi connectivity index (χ0n) is 15.8. The van der Waals surface area contributed by atoms with Crippen molar-refractivity contribution in [1.82, 2.24) is 24.3 Å². The largest absolute Gasteiger partial charge is 0.293 e. The van der Waals surface area contributed by atoms with Crippen molar-refractivity contribution in [2.45, 2.75) is 25.4 Å². The van der Waals surface area contributed by atoms with E-state index in [2.05, 4.69) is 19.9 Å². The molecule has 1 aromatic carbocycles. The van der Waals surface area contributed by atoms with Crippen LogP contribution in [0.4, 0.5) is 0 Å². The van der Waals surface area contributed by atoms with E-state index in [1.165, 1.54) is 11.8 Å². The van der Waals surface area contributed by atoms with Crippen molar-refractivity contribution >= 4 is 33.3 Å². The maximum absolute atomic E-state index is 12.5. The second kappa shape index (κ2) is 8.38. The van der Waals surface area contributed by atoms with Crippen molar-refractivity contribution in [3.8, 4) is 0 Å². The molecular weight excluding hydrogens is 398 g/mol. The molecule has 0 aliphatic heterocycles. The molecule has 0 aliphatic carbocycles. The normalized spacial score (nSPS) is 11.8. The SMILES string of the molecule is Cc1cc(C)n2c(SCC(=O)c3ccc(CCNS(C)(=O)=O)cc3)nnc2n1. The fraction of sp³-hybridized carbons (Fsp3) is 0.333. The van der Waals surface area contributed by atoms with Crippen LogP contribution < -0.4 is 4.72 Å². The number of aryl methyl sites for hydroxylation is 2. The molecule has 3 rings (SSSR count). The number of sulfonamides is 1. The van der Waals surface area contributed by atoms with Crippen LogP contribution in [0.5, 0.6) is 0 Å². The highest BCUT2D eigenvalue weighted by molar-refractivity contribution is 7.99. The molecule has 148 valence electrons. The molecule has 2 heterocycles. The molecule has 0 spiro atoms. The molecule has 0 unspecified atom stereocenters. The highest BCUT2D eigenvalue weighted by atomic mass is 32.2. The van der Waals surface area contributed by atoms with Gasteiger partial charge in [0, 0.05) is 23.5 Å². The van der Waals surface area contributed by atoms with Gasteiger partial charge in [-0.15, -0.1) is 10.2 Å². The molecule has 8 nitrogen and oxygen atoms in total. The van der Waals surface area contributed by atoms with Gasteiger partial charge in [-0.1, -0.05) is 36.0 Å². The minimum Gasteiger partial charge on any atom is -0.293 e. The predicted molar refractivity (Wildman–Crippen MR) is 108 cm³/mol. The first-order valence-electron chi connectivity index (χ1n) is 8.62.